The Balaban J connectivity index is 1.89. The van der Waals surface area contributed by atoms with Crippen LogP contribution < -0.4 is 11.3 Å². The predicted octanol–water partition coefficient (Wildman–Crippen LogP) is 0.926. The zero-order valence-electron chi connectivity index (χ0n) is 11.7. The van der Waals surface area contributed by atoms with E-state index in [1.54, 1.807) is 10.5 Å². The van der Waals surface area contributed by atoms with Gasteiger partial charge >= 0.3 is 0 Å². The molecule has 3 heterocycles. The fourth-order valence-electron chi connectivity index (χ4n) is 2.80. The first-order valence-electron chi connectivity index (χ1n) is 7.09. The van der Waals surface area contributed by atoms with E-state index in [1.165, 1.54) is 0 Å². The van der Waals surface area contributed by atoms with Crippen molar-refractivity contribution in [1.29, 1.82) is 0 Å². The van der Waals surface area contributed by atoms with Crippen LogP contribution in [0.2, 0.25) is 0 Å². The largest absolute Gasteiger partial charge is 0.327 e. The summed E-state index contributed by atoms with van der Waals surface area (Å²) in [5.74, 6) is 0. The van der Waals surface area contributed by atoms with Gasteiger partial charge in [-0.1, -0.05) is 6.07 Å². The Morgan fingerprint density at radius 3 is 3.10 bits per heavy atom. The molecular weight excluding hydrogens is 252 g/mol. The first kappa shape index (κ1) is 13.3. The highest BCUT2D eigenvalue weighted by atomic mass is 16.1. The first-order chi connectivity index (χ1) is 9.61. The summed E-state index contributed by atoms with van der Waals surface area (Å²) >= 11 is 0. The van der Waals surface area contributed by atoms with E-state index in [0.717, 1.165) is 37.2 Å². The summed E-state index contributed by atoms with van der Waals surface area (Å²) in [6, 6.07) is 5.74. The standard InChI is InChI=1S/C15H20N4O/c1-11-4-5-14-17-13(7-15(20)19(14)8-11)10-18-6-2-3-12(16)9-18/h4-5,7-8,12H,2-3,6,9-10,16H2,1H3/t12-/m1/s1. The number of aromatic nitrogens is 2. The second-order valence-electron chi connectivity index (χ2n) is 5.66. The fraction of sp³-hybridized carbons (Fsp3) is 0.467. The molecule has 0 saturated carbocycles. The Labute approximate surface area is 118 Å². The first-order valence-corrected chi connectivity index (χ1v) is 7.09. The number of fused-ring (bicyclic) bond motifs is 1. The van der Waals surface area contributed by atoms with Crippen LogP contribution in [-0.2, 0) is 6.54 Å². The Morgan fingerprint density at radius 1 is 1.45 bits per heavy atom. The van der Waals surface area contributed by atoms with E-state index >= 15 is 0 Å². The van der Waals surface area contributed by atoms with Crippen LogP contribution >= 0.6 is 0 Å². The number of likely N-dealkylation sites (tertiary alicyclic amines) is 1. The summed E-state index contributed by atoms with van der Waals surface area (Å²) in [6.07, 6.45) is 4.03. The second kappa shape index (κ2) is 5.34. The minimum absolute atomic E-state index is 0.0185. The van der Waals surface area contributed by atoms with Crippen LogP contribution in [0.3, 0.4) is 0 Å². The van der Waals surface area contributed by atoms with Gasteiger partial charge in [0.1, 0.15) is 5.65 Å². The van der Waals surface area contributed by atoms with Crippen LogP contribution in [-0.4, -0.2) is 33.4 Å². The maximum atomic E-state index is 12.1. The predicted molar refractivity (Wildman–Crippen MR) is 78.7 cm³/mol. The number of rotatable bonds is 2. The normalized spacial score (nSPS) is 20.4. The highest BCUT2D eigenvalue weighted by Crippen LogP contribution is 2.11. The van der Waals surface area contributed by atoms with Crippen LogP contribution in [0, 0.1) is 6.92 Å². The van der Waals surface area contributed by atoms with E-state index in [2.05, 4.69) is 9.88 Å². The van der Waals surface area contributed by atoms with Crippen molar-refractivity contribution in [2.24, 2.45) is 5.73 Å². The maximum Gasteiger partial charge on any atom is 0.258 e. The Bertz CT molecular complexity index is 679. The third kappa shape index (κ3) is 2.73. The van der Waals surface area contributed by atoms with Crippen molar-refractivity contribution in [3.63, 3.8) is 0 Å². The molecule has 20 heavy (non-hydrogen) atoms. The van der Waals surface area contributed by atoms with Crippen LogP contribution in [0.5, 0.6) is 0 Å². The van der Waals surface area contributed by atoms with E-state index in [4.69, 9.17) is 5.73 Å². The third-order valence-electron chi connectivity index (χ3n) is 3.79. The van der Waals surface area contributed by atoms with E-state index in [0.29, 0.717) is 12.2 Å². The molecule has 5 heteroatoms. The number of nitrogens with two attached hydrogens (primary N) is 1. The second-order valence-corrected chi connectivity index (χ2v) is 5.66. The van der Waals surface area contributed by atoms with Crippen molar-refractivity contribution in [2.75, 3.05) is 13.1 Å². The molecule has 0 unspecified atom stereocenters. The van der Waals surface area contributed by atoms with Gasteiger partial charge < -0.3 is 5.73 Å². The molecule has 1 aliphatic heterocycles. The summed E-state index contributed by atoms with van der Waals surface area (Å²) in [5, 5.41) is 0. The molecule has 3 rings (SSSR count). The van der Waals surface area contributed by atoms with E-state index < -0.39 is 0 Å². The third-order valence-corrected chi connectivity index (χ3v) is 3.79. The molecule has 1 fully saturated rings. The van der Waals surface area contributed by atoms with Crippen molar-refractivity contribution >= 4 is 5.65 Å². The SMILES string of the molecule is Cc1ccc2nc(CN3CCC[C@@H](N)C3)cc(=O)n2c1. The summed E-state index contributed by atoms with van der Waals surface area (Å²) in [6.45, 7) is 4.58. The van der Waals surface area contributed by atoms with Gasteiger partial charge in [-0.3, -0.25) is 14.1 Å². The number of piperidine rings is 1. The highest BCUT2D eigenvalue weighted by Gasteiger charge is 2.17. The van der Waals surface area contributed by atoms with Crippen molar-refractivity contribution in [3.8, 4) is 0 Å². The monoisotopic (exact) mass is 272 g/mol. The molecular formula is C15H20N4O. The molecule has 0 bridgehead atoms. The van der Waals surface area contributed by atoms with Crippen LogP contribution in [0.15, 0.2) is 29.2 Å². The van der Waals surface area contributed by atoms with Gasteiger partial charge in [-0.2, -0.15) is 0 Å². The summed E-state index contributed by atoms with van der Waals surface area (Å²) < 4.78 is 1.60. The van der Waals surface area contributed by atoms with Gasteiger partial charge in [-0.15, -0.1) is 0 Å². The lowest BCUT2D eigenvalue weighted by Gasteiger charge is -2.30. The molecule has 1 saturated heterocycles. The Kier molecular flexibility index (Phi) is 3.54. The number of hydrogen-bond acceptors (Lipinski definition) is 4. The van der Waals surface area contributed by atoms with Crippen molar-refractivity contribution < 1.29 is 0 Å². The van der Waals surface area contributed by atoms with Gasteiger partial charge in [0.25, 0.3) is 5.56 Å². The molecule has 0 amide bonds. The van der Waals surface area contributed by atoms with Gasteiger partial charge in [0.05, 0.1) is 5.69 Å². The van der Waals surface area contributed by atoms with Crippen molar-refractivity contribution in [3.05, 3.63) is 46.0 Å². The number of nitrogens with zero attached hydrogens (tertiary/aromatic N) is 3. The molecule has 2 N–H and O–H groups in total. The average molecular weight is 272 g/mol. The lowest BCUT2D eigenvalue weighted by Crippen LogP contribution is -2.42. The molecule has 0 aliphatic carbocycles. The summed E-state index contributed by atoms with van der Waals surface area (Å²) in [7, 11) is 0. The summed E-state index contributed by atoms with van der Waals surface area (Å²) in [5.41, 5.74) is 8.56. The minimum Gasteiger partial charge on any atom is -0.327 e. The van der Waals surface area contributed by atoms with Crippen LogP contribution in [0.4, 0.5) is 0 Å². The van der Waals surface area contributed by atoms with Crippen LogP contribution in [0.25, 0.3) is 5.65 Å². The molecule has 2 aromatic rings. The molecule has 2 aromatic heterocycles. The Morgan fingerprint density at radius 2 is 2.30 bits per heavy atom. The lowest BCUT2D eigenvalue weighted by molar-refractivity contribution is 0.199. The van der Waals surface area contributed by atoms with Crippen LogP contribution in [0.1, 0.15) is 24.1 Å². The molecule has 5 nitrogen and oxygen atoms in total. The highest BCUT2D eigenvalue weighted by molar-refractivity contribution is 5.39. The molecule has 0 radical (unpaired) electrons. The zero-order chi connectivity index (χ0) is 14.1. The van der Waals surface area contributed by atoms with Gasteiger partial charge in [-0.25, -0.2) is 4.98 Å². The fourth-order valence-corrected chi connectivity index (χ4v) is 2.80. The van der Waals surface area contributed by atoms with E-state index in [-0.39, 0.29) is 11.6 Å². The molecule has 1 aliphatic rings. The Hall–Kier alpha value is -1.72. The van der Waals surface area contributed by atoms with E-state index in [9.17, 15) is 4.79 Å². The lowest BCUT2D eigenvalue weighted by atomic mass is 10.1. The average Bonchev–Trinajstić information content (AvgIpc) is 2.40. The van der Waals surface area contributed by atoms with Crippen molar-refractivity contribution in [1.82, 2.24) is 14.3 Å². The molecule has 0 spiro atoms. The van der Waals surface area contributed by atoms with E-state index in [1.807, 2.05) is 25.3 Å². The topological polar surface area (TPSA) is 63.6 Å². The quantitative estimate of drug-likeness (QED) is 0.883. The minimum atomic E-state index is -0.0185. The van der Waals surface area contributed by atoms with Gasteiger partial charge in [0, 0.05) is 31.4 Å². The molecule has 1 atom stereocenters. The van der Waals surface area contributed by atoms with Crippen molar-refractivity contribution in [2.45, 2.75) is 32.4 Å². The number of hydrogen-bond donors (Lipinski definition) is 1. The van der Waals surface area contributed by atoms with Gasteiger partial charge in [-0.05, 0) is 37.9 Å². The molecule has 0 aromatic carbocycles. The number of pyridine rings is 1. The summed E-state index contributed by atoms with van der Waals surface area (Å²) in [4.78, 5) is 19.0. The van der Waals surface area contributed by atoms with Gasteiger partial charge in [0.15, 0.2) is 0 Å². The molecule has 106 valence electrons. The zero-order valence-corrected chi connectivity index (χ0v) is 11.7. The maximum absolute atomic E-state index is 12.1. The number of aryl methyl sites for hydroxylation is 1. The smallest absolute Gasteiger partial charge is 0.258 e. The van der Waals surface area contributed by atoms with Gasteiger partial charge in [0.2, 0.25) is 0 Å².